The SMILES string of the molecule is c1ccc(-c2nc(-c3ccccc3)nc(-c3cccc(-c4nc5c(-c6cccc7c6oc6ccccc67)cccc5c5sc6ccccc6c45)c3)n2)cc1. The lowest BCUT2D eigenvalue weighted by molar-refractivity contribution is 0.670. The molecular weight excluding hydrogens is 681 g/mol. The number of para-hydroxylation sites is 3. The van der Waals surface area contributed by atoms with Crippen LogP contribution in [-0.2, 0) is 0 Å². The number of furan rings is 1. The fourth-order valence-electron chi connectivity index (χ4n) is 7.61. The fraction of sp³-hybridized carbons (Fsp3) is 0. The lowest BCUT2D eigenvalue weighted by Gasteiger charge is -2.13. The van der Waals surface area contributed by atoms with Gasteiger partial charge in [-0.15, -0.1) is 11.3 Å². The van der Waals surface area contributed by atoms with Gasteiger partial charge in [0.05, 0.1) is 11.2 Å². The van der Waals surface area contributed by atoms with Crippen molar-refractivity contribution in [3.63, 3.8) is 0 Å². The van der Waals surface area contributed by atoms with Crippen LogP contribution in [0.4, 0.5) is 0 Å². The molecule has 0 saturated carbocycles. The summed E-state index contributed by atoms with van der Waals surface area (Å²) in [6, 6.07) is 58.4. The Bertz CT molecular complexity index is 3170. The van der Waals surface area contributed by atoms with E-state index in [0.717, 1.165) is 77.3 Å². The minimum atomic E-state index is 0.606. The van der Waals surface area contributed by atoms with Crippen molar-refractivity contribution in [1.29, 1.82) is 0 Å². The van der Waals surface area contributed by atoms with E-state index in [4.69, 9.17) is 24.4 Å². The molecule has 4 heterocycles. The number of aromatic nitrogens is 4. The topological polar surface area (TPSA) is 64.7 Å². The minimum absolute atomic E-state index is 0.606. The molecule has 11 rings (SSSR count). The first-order chi connectivity index (χ1) is 26.8. The quantitative estimate of drug-likeness (QED) is 0.178. The molecular formula is C48H28N4OS. The van der Waals surface area contributed by atoms with E-state index in [2.05, 4.69) is 97.1 Å². The molecule has 0 aliphatic rings. The summed E-state index contributed by atoms with van der Waals surface area (Å²) >= 11 is 1.81. The number of thiophene rings is 1. The van der Waals surface area contributed by atoms with Crippen LogP contribution in [-0.4, -0.2) is 19.9 Å². The molecule has 0 radical (unpaired) electrons. The van der Waals surface area contributed by atoms with Crippen LogP contribution in [0.2, 0.25) is 0 Å². The van der Waals surface area contributed by atoms with E-state index in [9.17, 15) is 0 Å². The Morgan fingerprint density at radius 2 is 0.963 bits per heavy atom. The average Bonchev–Trinajstić information content (AvgIpc) is 3.83. The van der Waals surface area contributed by atoms with Gasteiger partial charge >= 0.3 is 0 Å². The van der Waals surface area contributed by atoms with E-state index in [1.54, 1.807) is 0 Å². The molecule has 0 atom stereocenters. The van der Waals surface area contributed by atoms with Crippen LogP contribution in [0.25, 0.3) is 110 Å². The van der Waals surface area contributed by atoms with Crippen molar-refractivity contribution in [1.82, 2.24) is 19.9 Å². The molecule has 54 heavy (non-hydrogen) atoms. The van der Waals surface area contributed by atoms with Crippen molar-refractivity contribution in [3.05, 3.63) is 170 Å². The molecule has 11 aromatic rings. The average molecular weight is 709 g/mol. The Kier molecular flexibility index (Phi) is 6.97. The molecule has 0 unspecified atom stereocenters. The van der Waals surface area contributed by atoms with Crippen LogP contribution in [0.1, 0.15) is 0 Å². The first kappa shape index (κ1) is 30.6. The summed E-state index contributed by atoms with van der Waals surface area (Å²) in [6.07, 6.45) is 0. The Hall–Kier alpha value is -7.02. The third-order valence-electron chi connectivity index (χ3n) is 10.1. The van der Waals surface area contributed by atoms with E-state index in [0.29, 0.717) is 17.5 Å². The zero-order chi connectivity index (χ0) is 35.6. The van der Waals surface area contributed by atoms with Gasteiger partial charge in [0.25, 0.3) is 0 Å². The van der Waals surface area contributed by atoms with E-state index in [-0.39, 0.29) is 0 Å². The van der Waals surface area contributed by atoms with Crippen molar-refractivity contribution >= 4 is 64.4 Å². The van der Waals surface area contributed by atoms with Crippen molar-refractivity contribution in [2.24, 2.45) is 0 Å². The number of rotatable bonds is 5. The highest BCUT2D eigenvalue weighted by Gasteiger charge is 2.21. The smallest absolute Gasteiger partial charge is 0.164 e. The van der Waals surface area contributed by atoms with Crippen molar-refractivity contribution < 1.29 is 4.42 Å². The molecule has 0 amide bonds. The largest absolute Gasteiger partial charge is 0.455 e. The summed E-state index contributed by atoms with van der Waals surface area (Å²) < 4.78 is 8.97. The van der Waals surface area contributed by atoms with Gasteiger partial charge in [-0.25, -0.2) is 19.9 Å². The summed E-state index contributed by atoms with van der Waals surface area (Å²) in [6.45, 7) is 0. The van der Waals surface area contributed by atoms with Gasteiger partial charge in [0.1, 0.15) is 11.2 Å². The lowest BCUT2D eigenvalue weighted by atomic mass is 9.96. The summed E-state index contributed by atoms with van der Waals surface area (Å²) in [5, 5.41) is 5.66. The van der Waals surface area contributed by atoms with Gasteiger partial charge in [-0.05, 0) is 18.2 Å². The maximum Gasteiger partial charge on any atom is 0.164 e. The van der Waals surface area contributed by atoms with Gasteiger partial charge in [0.15, 0.2) is 17.5 Å². The van der Waals surface area contributed by atoms with Gasteiger partial charge in [0.2, 0.25) is 0 Å². The molecule has 5 nitrogen and oxygen atoms in total. The van der Waals surface area contributed by atoms with Crippen molar-refractivity contribution in [3.8, 4) is 56.5 Å². The predicted molar refractivity (Wildman–Crippen MR) is 222 cm³/mol. The Labute approximate surface area is 313 Å². The number of hydrogen-bond donors (Lipinski definition) is 0. The molecule has 0 bridgehead atoms. The second-order valence-corrected chi connectivity index (χ2v) is 14.4. The summed E-state index contributed by atoms with van der Waals surface area (Å²) in [7, 11) is 0. The van der Waals surface area contributed by atoms with Gasteiger partial charge < -0.3 is 4.42 Å². The number of fused-ring (bicyclic) bond motifs is 8. The molecule has 0 aliphatic heterocycles. The van der Waals surface area contributed by atoms with E-state index >= 15 is 0 Å². The zero-order valence-corrected chi connectivity index (χ0v) is 29.6. The number of nitrogens with zero attached hydrogens (tertiary/aromatic N) is 4. The summed E-state index contributed by atoms with van der Waals surface area (Å²) in [4.78, 5) is 20.6. The second kappa shape index (κ2) is 12.3. The molecule has 0 saturated heterocycles. The first-order valence-electron chi connectivity index (χ1n) is 17.9. The Balaban J connectivity index is 1.16. The minimum Gasteiger partial charge on any atom is -0.455 e. The maximum absolute atomic E-state index is 6.54. The summed E-state index contributed by atoms with van der Waals surface area (Å²) in [5.74, 6) is 1.86. The monoisotopic (exact) mass is 708 g/mol. The van der Waals surface area contributed by atoms with Crippen LogP contribution in [0.3, 0.4) is 0 Å². The lowest BCUT2D eigenvalue weighted by Crippen LogP contribution is -2.00. The van der Waals surface area contributed by atoms with Gasteiger partial charge in [-0.3, -0.25) is 0 Å². The van der Waals surface area contributed by atoms with E-state index in [1.807, 2.05) is 84.1 Å². The predicted octanol–water partition coefficient (Wildman–Crippen LogP) is 13.0. The normalized spacial score (nSPS) is 11.7. The number of hydrogen-bond acceptors (Lipinski definition) is 6. The standard InChI is InChI=1S/C48H28N4OS/c1-3-14-29(15-4-1)46-50-47(30-16-5-2-6-17-30)52-48(51-46)32-19-11-18-31(28-32)42-41-37-21-8-10-27-40(37)54-45(41)38-25-12-22-34(43(38)49-42)36-24-13-23-35-33-20-7-9-26-39(33)53-44(35)36/h1-28H. The number of pyridine rings is 1. The highest BCUT2D eigenvalue weighted by Crippen LogP contribution is 2.46. The second-order valence-electron chi connectivity index (χ2n) is 13.4. The molecule has 252 valence electrons. The van der Waals surface area contributed by atoms with E-state index in [1.165, 1.54) is 14.8 Å². The molecule has 0 spiro atoms. The third kappa shape index (κ3) is 4.92. The van der Waals surface area contributed by atoms with Crippen LogP contribution in [0.15, 0.2) is 174 Å². The Morgan fingerprint density at radius 1 is 0.407 bits per heavy atom. The molecule has 4 aromatic heterocycles. The summed E-state index contributed by atoms with van der Waals surface area (Å²) in [5.41, 5.74) is 9.40. The van der Waals surface area contributed by atoms with Crippen LogP contribution < -0.4 is 0 Å². The van der Waals surface area contributed by atoms with E-state index < -0.39 is 0 Å². The third-order valence-corrected chi connectivity index (χ3v) is 11.3. The highest BCUT2D eigenvalue weighted by molar-refractivity contribution is 7.26. The highest BCUT2D eigenvalue weighted by atomic mass is 32.1. The van der Waals surface area contributed by atoms with Gasteiger partial charge in [0, 0.05) is 69.7 Å². The van der Waals surface area contributed by atoms with Crippen LogP contribution in [0, 0.1) is 0 Å². The fourth-order valence-corrected chi connectivity index (χ4v) is 8.84. The molecule has 7 aromatic carbocycles. The zero-order valence-electron chi connectivity index (χ0n) is 28.8. The maximum atomic E-state index is 6.54. The molecule has 6 heteroatoms. The molecule has 0 aliphatic carbocycles. The first-order valence-corrected chi connectivity index (χ1v) is 18.7. The van der Waals surface area contributed by atoms with Crippen LogP contribution >= 0.6 is 11.3 Å². The van der Waals surface area contributed by atoms with Crippen LogP contribution in [0.5, 0.6) is 0 Å². The van der Waals surface area contributed by atoms with Gasteiger partial charge in [-0.2, -0.15) is 0 Å². The van der Waals surface area contributed by atoms with Gasteiger partial charge in [-0.1, -0.05) is 152 Å². The molecule has 0 N–H and O–H groups in total. The Morgan fingerprint density at radius 3 is 1.72 bits per heavy atom. The van der Waals surface area contributed by atoms with Crippen molar-refractivity contribution in [2.45, 2.75) is 0 Å². The van der Waals surface area contributed by atoms with Crippen molar-refractivity contribution in [2.75, 3.05) is 0 Å². The number of benzene rings is 7. The molecule has 0 fully saturated rings.